The normalized spacial score (nSPS) is 11.1. The summed E-state index contributed by atoms with van der Waals surface area (Å²) in [6, 6.07) is 11.2. The van der Waals surface area contributed by atoms with Gasteiger partial charge in [0.05, 0.1) is 26.8 Å². The molecule has 0 unspecified atom stereocenters. The van der Waals surface area contributed by atoms with E-state index in [9.17, 15) is 14.7 Å². The Morgan fingerprint density at radius 2 is 1.70 bits per heavy atom. The van der Waals surface area contributed by atoms with E-state index in [2.05, 4.69) is 10.5 Å². The second kappa shape index (κ2) is 8.92. The van der Waals surface area contributed by atoms with Gasteiger partial charge in [-0.25, -0.2) is 10.2 Å². The van der Waals surface area contributed by atoms with E-state index >= 15 is 0 Å². The summed E-state index contributed by atoms with van der Waals surface area (Å²) < 4.78 is 1.88. The van der Waals surface area contributed by atoms with Crippen LogP contribution in [0.25, 0.3) is 5.69 Å². The molecule has 2 N–H and O–H groups in total. The van der Waals surface area contributed by atoms with Crippen LogP contribution in [0.5, 0.6) is 0 Å². The fourth-order valence-electron chi connectivity index (χ4n) is 2.99. The minimum absolute atomic E-state index is 0.0192. The maximum Gasteiger partial charge on any atom is 0.337 e. The monoisotopic (exact) mass is 463 g/mol. The van der Waals surface area contributed by atoms with E-state index in [4.69, 9.17) is 34.8 Å². The number of amides is 1. The molecule has 0 aliphatic carbocycles. The van der Waals surface area contributed by atoms with Gasteiger partial charge >= 0.3 is 5.97 Å². The van der Waals surface area contributed by atoms with E-state index in [-0.39, 0.29) is 15.6 Å². The van der Waals surface area contributed by atoms with Gasteiger partial charge in [0.1, 0.15) is 0 Å². The van der Waals surface area contributed by atoms with Crippen LogP contribution in [0.1, 0.15) is 37.7 Å². The standard InChI is InChI=1S/C21H16Cl3N3O3/c1-11-7-14(10-25-26-20(28)13-3-5-18(23)19(24)8-13)12(2)27(11)15-4-6-17(22)16(9-15)21(29)30/h3-10H,1-2H3,(H,26,28)(H,29,30)/b25-10-. The summed E-state index contributed by atoms with van der Waals surface area (Å²) in [6.07, 6.45) is 1.52. The molecular formula is C21H16Cl3N3O3. The molecule has 2 aromatic carbocycles. The van der Waals surface area contributed by atoms with Crippen molar-refractivity contribution in [2.75, 3.05) is 0 Å². The predicted molar refractivity (Wildman–Crippen MR) is 119 cm³/mol. The molecule has 3 rings (SSSR count). The third-order valence-corrected chi connectivity index (χ3v) is 5.53. The molecule has 0 spiro atoms. The Morgan fingerprint density at radius 1 is 1.00 bits per heavy atom. The summed E-state index contributed by atoms with van der Waals surface area (Å²) in [7, 11) is 0. The van der Waals surface area contributed by atoms with Gasteiger partial charge in [-0.3, -0.25) is 4.79 Å². The molecule has 0 saturated heterocycles. The van der Waals surface area contributed by atoms with Crippen molar-refractivity contribution in [3.63, 3.8) is 0 Å². The highest BCUT2D eigenvalue weighted by molar-refractivity contribution is 6.42. The lowest BCUT2D eigenvalue weighted by atomic mass is 10.2. The van der Waals surface area contributed by atoms with Gasteiger partial charge in [-0.2, -0.15) is 5.10 Å². The summed E-state index contributed by atoms with van der Waals surface area (Å²) in [6.45, 7) is 3.75. The second-order valence-electron chi connectivity index (χ2n) is 6.46. The summed E-state index contributed by atoms with van der Waals surface area (Å²) >= 11 is 17.7. The van der Waals surface area contributed by atoms with E-state index in [1.807, 2.05) is 24.5 Å². The lowest BCUT2D eigenvalue weighted by Crippen LogP contribution is -2.17. The Bertz CT molecular complexity index is 1190. The molecule has 0 atom stereocenters. The summed E-state index contributed by atoms with van der Waals surface area (Å²) in [4.78, 5) is 23.6. The summed E-state index contributed by atoms with van der Waals surface area (Å²) in [5, 5.41) is 14.1. The number of nitrogens with zero attached hydrogens (tertiary/aromatic N) is 2. The Balaban J connectivity index is 1.83. The van der Waals surface area contributed by atoms with Crippen LogP contribution in [0.2, 0.25) is 15.1 Å². The number of hydrogen-bond donors (Lipinski definition) is 2. The van der Waals surface area contributed by atoms with Crippen molar-refractivity contribution in [3.05, 3.63) is 85.6 Å². The molecule has 1 aromatic heterocycles. The van der Waals surface area contributed by atoms with Crippen LogP contribution in [-0.2, 0) is 0 Å². The van der Waals surface area contributed by atoms with Crippen LogP contribution in [0, 0.1) is 13.8 Å². The second-order valence-corrected chi connectivity index (χ2v) is 7.68. The van der Waals surface area contributed by atoms with Gasteiger partial charge in [-0.15, -0.1) is 0 Å². The maximum absolute atomic E-state index is 12.2. The number of nitrogens with one attached hydrogen (secondary N) is 1. The number of benzene rings is 2. The number of carbonyl (C=O) groups excluding carboxylic acids is 1. The SMILES string of the molecule is Cc1cc(/C=N\NC(=O)c2ccc(Cl)c(Cl)c2)c(C)n1-c1ccc(Cl)c(C(=O)O)c1. The predicted octanol–water partition coefficient (Wildman–Crippen LogP) is 5.52. The number of hydrogen-bond acceptors (Lipinski definition) is 3. The molecule has 1 heterocycles. The van der Waals surface area contributed by atoms with Gasteiger partial charge in [-0.1, -0.05) is 34.8 Å². The number of aryl methyl sites for hydroxylation is 1. The Morgan fingerprint density at radius 3 is 2.37 bits per heavy atom. The van der Waals surface area contributed by atoms with Crippen molar-refractivity contribution >= 4 is 52.9 Å². The summed E-state index contributed by atoms with van der Waals surface area (Å²) in [5.41, 5.74) is 5.89. The molecule has 0 aliphatic heterocycles. The van der Waals surface area contributed by atoms with Crippen LogP contribution in [0.4, 0.5) is 0 Å². The zero-order valence-electron chi connectivity index (χ0n) is 15.9. The quantitative estimate of drug-likeness (QED) is 0.385. The number of rotatable bonds is 5. The molecule has 6 nitrogen and oxygen atoms in total. The highest BCUT2D eigenvalue weighted by Crippen LogP contribution is 2.25. The molecule has 0 bridgehead atoms. The molecule has 3 aromatic rings. The van der Waals surface area contributed by atoms with E-state index in [1.54, 1.807) is 18.2 Å². The van der Waals surface area contributed by atoms with Gasteiger partial charge in [0.2, 0.25) is 0 Å². The first-order chi connectivity index (χ1) is 14.2. The van der Waals surface area contributed by atoms with Gasteiger partial charge in [-0.05, 0) is 56.3 Å². The van der Waals surface area contributed by atoms with Crippen molar-refractivity contribution < 1.29 is 14.7 Å². The Kier molecular flexibility index (Phi) is 6.51. The number of carboxylic acids is 1. The van der Waals surface area contributed by atoms with Crippen molar-refractivity contribution in [2.45, 2.75) is 13.8 Å². The fourth-order valence-corrected chi connectivity index (χ4v) is 3.49. The van der Waals surface area contributed by atoms with Gasteiger partial charge < -0.3 is 9.67 Å². The number of aromatic carboxylic acids is 1. The molecule has 0 radical (unpaired) electrons. The minimum Gasteiger partial charge on any atom is -0.478 e. The number of halogens is 3. The molecule has 0 saturated carbocycles. The Hall–Kier alpha value is -2.80. The van der Waals surface area contributed by atoms with E-state index in [0.717, 1.165) is 17.0 Å². The number of carboxylic acid groups (broad SMARTS) is 1. The summed E-state index contributed by atoms with van der Waals surface area (Å²) in [5.74, 6) is -1.53. The number of aromatic nitrogens is 1. The molecule has 9 heteroatoms. The number of carbonyl (C=O) groups is 2. The lowest BCUT2D eigenvalue weighted by molar-refractivity contribution is 0.0696. The third kappa shape index (κ3) is 4.51. The van der Waals surface area contributed by atoms with Crippen molar-refractivity contribution in [2.24, 2.45) is 5.10 Å². The molecule has 154 valence electrons. The first-order valence-electron chi connectivity index (χ1n) is 8.69. The third-order valence-electron chi connectivity index (χ3n) is 4.46. The number of hydrazone groups is 1. The van der Waals surface area contributed by atoms with E-state index < -0.39 is 11.9 Å². The van der Waals surface area contributed by atoms with Crippen molar-refractivity contribution in [1.29, 1.82) is 0 Å². The maximum atomic E-state index is 12.2. The van der Waals surface area contributed by atoms with Gasteiger partial charge in [0.25, 0.3) is 5.91 Å². The Labute approximate surface area is 187 Å². The highest BCUT2D eigenvalue weighted by Gasteiger charge is 2.14. The first kappa shape index (κ1) is 21.9. The van der Waals surface area contributed by atoms with Gasteiger partial charge in [0.15, 0.2) is 0 Å². The smallest absolute Gasteiger partial charge is 0.337 e. The van der Waals surface area contributed by atoms with Crippen LogP contribution in [0.15, 0.2) is 47.6 Å². The average molecular weight is 465 g/mol. The van der Waals surface area contributed by atoms with Crippen LogP contribution >= 0.6 is 34.8 Å². The first-order valence-corrected chi connectivity index (χ1v) is 9.83. The lowest BCUT2D eigenvalue weighted by Gasteiger charge is -2.11. The average Bonchev–Trinajstić information content (AvgIpc) is 2.97. The van der Waals surface area contributed by atoms with Crippen molar-refractivity contribution in [1.82, 2.24) is 9.99 Å². The molecule has 1 amide bonds. The zero-order valence-corrected chi connectivity index (χ0v) is 18.2. The molecule has 30 heavy (non-hydrogen) atoms. The topological polar surface area (TPSA) is 83.7 Å². The molecule has 0 aliphatic rings. The molecule has 0 fully saturated rings. The fraction of sp³-hybridized carbons (Fsp3) is 0.0952. The minimum atomic E-state index is -1.10. The van der Waals surface area contributed by atoms with E-state index in [1.165, 1.54) is 24.4 Å². The highest BCUT2D eigenvalue weighted by atomic mass is 35.5. The van der Waals surface area contributed by atoms with Crippen LogP contribution in [-0.4, -0.2) is 27.8 Å². The van der Waals surface area contributed by atoms with Crippen LogP contribution < -0.4 is 5.43 Å². The van der Waals surface area contributed by atoms with Crippen LogP contribution in [0.3, 0.4) is 0 Å². The van der Waals surface area contributed by atoms with Gasteiger partial charge in [0, 0.05) is 28.2 Å². The largest absolute Gasteiger partial charge is 0.478 e. The molecular weight excluding hydrogens is 449 g/mol. The van der Waals surface area contributed by atoms with Crippen molar-refractivity contribution in [3.8, 4) is 5.69 Å². The zero-order chi connectivity index (χ0) is 22.0. The van der Waals surface area contributed by atoms with E-state index in [0.29, 0.717) is 16.3 Å².